The maximum atomic E-state index is 12.2. The van der Waals surface area contributed by atoms with Crippen LogP contribution in [-0.4, -0.2) is 48.2 Å². The van der Waals surface area contributed by atoms with E-state index < -0.39 is 0 Å². The Kier molecular flexibility index (Phi) is 4.63. The zero-order chi connectivity index (χ0) is 20.1. The van der Waals surface area contributed by atoms with Crippen LogP contribution in [0.25, 0.3) is 11.0 Å². The third-order valence-corrected chi connectivity index (χ3v) is 6.26. The molecule has 2 fully saturated rings. The predicted molar refractivity (Wildman–Crippen MR) is 112 cm³/mol. The van der Waals surface area contributed by atoms with Crippen molar-refractivity contribution >= 4 is 51.8 Å². The molecule has 1 amide bonds. The van der Waals surface area contributed by atoms with Gasteiger partial charge in [0, 0.05) is 38.4 Å². The van der Waals surface area contributed by atoms with Crippen molar-refractivity contribution in [3.63, 3.8) is 0 Å². The van der Waals surface area contributed by atoms with E-state index in [1.54, 1.807) is 12.4 Å². The largest absolute Gasteiger partial charge is 0.342 e. The fraction of sp³-hybridized carbons (Fsp3) is 0.474. The van der Waals surface area contributed by atoms with Gasteiger partial charge in [0.05, 0.1) is 28.3 Å². The quantitative estimate of drug-likeness (QED) is 0.676. The molecule has 4 heterocycles. The van der Waals surface area contributed by atoms with Crippen molar-refractivity contribution in [2.75, 3.05) is 18.4 Å². The molecule has 29 heavy (non-hydrogen) atoms. The summed E-state index contributed by atoms with van der Waals surface area (Å²) in [4.78, 5) is 23.1. The molecular weight excluding hydrogens is 413 g/mol. The molecule has 2 aliphatic rings. The molecule has 3 aromatic rings. The third-order valence-electron chi connectivity index (χ3n) is 5.68. The lowest BCUT2D eigenvalue weighted by atomic mass is 10.0. The monoisotopic (exact) mass is 433 g/mol. The molecule has 1 saturated carbocycles. The molecule has 152 valence electrons. The molecule has 3 aromatic heterocycles. The molecule has 1 saturated heterocycles. The van der Waals surface area contributed by atoms with Crippen LogP contribution in [0.3, 0.4) is 0 Å². The molecular formula is C19H21Cl2N7O. The van der Waals surface area contributed by atoms with Gasteiger partial charge in [-0.15, -0.1) is 0 Å². The highest BCUT2D eigenvalue weighted by Crippen LogP contribution is 2.34. The van der Waals surface area contributed by atoms with Crippen LogP contribution in [0.2, 0.25) is 10.2 Å². The lowest BCUT2D eigenvalue weighted by Crippen LogP contribution is -2.39. The fourth-order valence-electron chi connectivity index (χ4n) is 3.87. The summed E-state index contributed by atoms with van der Waals surface area (Å²) in [6.45, 7) is 1.54. The average molecular weight is 434 g/mol. The highest BCUT2D eigenvalue weighted by Gasteiger charge is 2.35. The van der Waals surface area contributed by atoms with Crippen molar-refractivity contribution in [1.82, 2.24) is 29.2 Å². The molecule has 1 aliphatic carbocycles. The molecule has 0 spiro atoms. The van der Waals surface area contributed by atoms with Gasteiger partial charge in [-0.1, -0.05) is 23.2 Å². The summed E-state index contributed by atoms with van der Waals surface area (Å²) < 4.78 is 3.74. The minimum atomic E-state index is 0.224. The van der Waals surface area contributed by atoms with Gasteiger partial charge in [-0.3, -0.25) is 9.48 Å². The number of rotatable bonds is 4. The molecule has 0 radical (unpaired) electrons. The summed E-state index contributed by atoms with van der Waals surface area (Å²) in [6, 6.07) is 0.224. The fourth-order valence-corrected chi connectivity index (χ4v) is 4.33. The van der Waals surface area contributed by atoms with Crippen LogP contribution >= 0.6 is 23.2 Å². The first-order valence-corrected chi connectivity index (χ1v) is 10.5. The SMILES string of the molecule is Cn1cc(Cl)c2cnc(Nc3cn(C4CCN(C(=O)C5CC5)CC4)nc3Cl)nc21. The van der Waals surface area contributed by atoms with Crippen LogP contribution in [0.4, 0.5) is 11.6 Å². The Bertz CT molecular complexity index is 1080. The molecule has 8 nitrogen and oxygen atoms in total. The number of nitrogens with zero attached hydrogens (tertiary/aromatic N) is 6. The van der Waals surface area contributed by atoms with E-state index >= 15 is 0 Å². The number of amides is 1. The lowest BCUT2D eigenvalue weighted by Gasteiger charge is -2.32. The van der Waals surface area contributed by atoms with Gasteiger partial charge in [0.25, 0.3) is 0 Å². The number of aromatic nitrogens is 5. The Morgan fingerprint density at radius 3 is 2.66 bits per heavy atom. The highest BCUT2D eigenvalue weighted by molar-refractivity contribution is 6.35. The van der Waals surface area contributed by atoms with Gasteiger partial charge >= 0.3 is 0 Å². The number of hydrogen-bond acceptors (Lipinski definition) is 5. The average Bonchev–Trinajstić information content (AvgIpc) is 3.46. The van der Waals surface area contributed by atoms with Crippen LogP contribution in [-0.2, 0) is 11.8 Å². The molecule has 0 atom stereocenters. The van der Waals surface area contributed by atoms with E-state index in [9.17, 15) is 4.79 Å². The maximum Gasteiger partial charge on any atom is 0.229 e. The number of anilines is 2. The number of halogens is 2. The van der Waals surface area contributed by atoms with E-state index in [1.807, 2.05) is 27.4 Å². The van der Waals surface area contributed by atoms with Gasteiger partial charge in [-0.2, -0.15) is 10.1 Å². The molecule has 0 bridgehead atoms. The molecule has 0 aromatic carbocycles. The van der Waals surface area contributed by atoms with Crippen LogP contribution < -0.4 is 5.32 Å². The van der Waals surface area contributed by atoms with Crippen LogP contribution in [0, 0.1) is 5.92 Å². The summed E-state index contributed by atoms with van der Waals surface area (Å²) in [5, 5.41) is 9.41. The third kappa shape index (κ3) is 3.55. The normalized spacial score (nSPS) is 17.8. The summed E-state index contributed by atoms with van der Waals surface area (Å²) >= 11 is 12.5. The Hall–Kier alpha value is -2.32. The van der Waals surface area contributed by atoms with E-state index in [4.69, 9.17) is 23.2 Å². The van der Waals surface area contributed by atoms with Gasteiger partial charge in [0.15, 0.2) is 5.15 Å². The van der Waals surface area contributed by atoms with E-state index in [1.165, 1.54) is 0 Å². The minimum Gasteiger partial charge on any atom is -0.342 e. The second-order valence-corrected chi connectivity index (χ2v) is 8.55. The van der Waals surface area contributed by atoms with Crippen molar-refractivity contribution in [3.8, 4) is 0 Å². The number of hydrogen-bond donors (Lipinski definition) is 1. The van der Waals surface area contributed by atoms with Gasteiger partial charge in [0.2, 0.25) is 11.9 Å². The van der Waals surface area contributed by atoms with Crippen molar-refractivity contribution in [1.29, 1.82) is 0 Å². The molecule has 0 unspecified atom stereocenters. The van der Waals surface area contributed by atoms with Crippen molar-refractivity contribution in [3.05, 3.63) is 28.8 Å². The van der Waals surface area contributed by atoms with Gasteiger partial charge < -0.3 is 14.8 Å². The minimum absolute atomic E-state index is 0.224. The first kappa shape index (κ1) is 18.7. The zero-order valence-corrected chi connectivity index (χ0v) is 17.5. The molecule has 1 N–H and O–H groups in total. The van der Waals surface area contributed by atoms with Crippen molar-refractivity contribution in [2.24, 2.45) is 13.0 Å². The standard InChI is InChI=1S/C19H21Cl2N7O/c1-26-9-14(20)13-8-22-19(24-17(13)26)23-15-10-28(25-16(15)21)12-4-6-27(7-5-12)18(29)11-2-3-11/h8-12H,2-7H2,1H3,(H,22,23,24). The first-order valence-electron chi connectivity index (χ1n) is 9.77. The smallest absolute Gasteiger partial charge is 0.229 e. The lowest BCUT2D eigenvalue weighted by molar-refractivity contribution is -0.133. The first-order chi connectivity index (χ1) is 14.0. The zero-order valence-electron chi connectivity index (χ0n) is 16.0. The van der Waals surface area contributed by atoms with E-state index in [0.717, 1.165) is 49.8 Å². The molecule has 1 aliphatic heterocycles. The number of fused-ring (bicyclic) bond motifs is 1. The van der Waals surface area contributed by atoms with E-state index in [-0.39, 0.29) is 12.0 Å². The van der Waals surface area contributed by atoms with Crippen LogP contribution in [0.5, 0.6) is 0 Å². The Morgan fingerprint density at radius 2 is 1.93 bits per heavy atom. The van der Waals surface area contributed by atoms with Gasteiger partial charge in [0.1, 0.15) is 5.65 Å². The summed E-state index contributed by atoms with van der Waals surface area (Å²) in [6.07, 6.45) is 9.22. The second-order valence-electron chi connectivity index (χ2n) is 7.79. The number of aryl methyl sites for hydroxylation is 1. The number of carbonyl (C=O) groups excluding carboxylic acids is 1. The molecule has 10 heteroatoms. The van der Waals surface area contributed by atoms with Crippen molar-refractivity contribution in [2.45, 2.75) is 31.7 Å². The van der Waals surface area contributed by atoms with Crippen LogP contribution in [0.1, 0.15) is 31.7 Å². The Balaban J connectivity index is 1.29. The van der Waals surface area contributed by atoms with Gasteiger partial charge in [-0.05, 0) is 25.7 Å². The summed E-state index contributed by atoms with van der Waals surface area (Å²) in [5.41, 5.74) is 1.39. The number of carbonyl (C=O) groups is 1. The summed E-state index contributed by atoms with van der Waals surface area (Å²) in [5.74, 6) is 1.03. The Labute approximate surface area is 177 Å². The van der Waals surface area contributed by atoms with E-state index in [0.29, 0.717) is 27.7 Å². The Morgan fingerprint density at radius 1 is 1.17 bits per heavy atom. The van der Waals surface area contributed by atoms with Gasteiger partial charge in [-0.25, -0.2) is 4.98 Å². The van der Waals surface area contributed by atoms with E-state index in [2.05, 4.69) is 20.4 Å². The highest BCUT2D eigenvalue weighted by atomic mass is 35.5. The van der Waals surface area contributed by atoms with Crippen LogP contribution in [0.15, 0.2) is 18.6 Å². The number of piperidine rings is 1. The number of likely N-dealkylation sites (tertiary alicyclic amines) is 1. The predicted octanol–water partition coefficient (Wildman–Crippen LogP) is 3.79. The topological polar surface area (TPSA) is 80.9 Å². The maximum absolute atomic E-state index is 12.2. The molecule has 5 rings (SSSR count). The second kappa shape index (κ2) is 7.18. The van der Waals surface area contributed by atoms with Crippen molar-refractivity contribution < 1.29 is 4.79 Å². The summed E-state index contributed by atoms with van der Waals surface area (Å²) in [7, 11) is 1.89. The number of nitrogens with one attached hydrogen (secondary N) is 1.